The molecule has 23 heavy (non-hydrogen) atoms. The fraction of sp³-hybridized carbons (Fsp3) is 0.222. The molecule has 0 saturated carbocycles. The maximum absolute atomic E-state index is 12.7. The van der Waals surface area contributed by atoms with E-state index in [1.807, 2.05) is 42.5 Å². The third-order valence-corrected chi connectivity index (χ3v) is 4.13. The number of carbonyl (C=O) groups is 2. The van der Waals surface area contributed by atoms with Crippen molar-refractivity contribution in [1.82, 2.24) is 4.90 Å². The van der Waals surface area contributed by atoms with Crippen LogP contribution in [0.5, 0.6) is 0 Å². The molecule has 0 bridgehead atoms. The average molecular weight is 423 g/mol. The maximum Gasteiger partial charge on any atom is 0.307 e. The smallest absolute Gasteiger partial charge is 0.307 e. The topological polar surface area (TPSA) is 46.6 Å². The normalized spacial score (nSPS) is 10.2. The van der Waals surface area contributed by atoms with Gasteiger partial charge >= 0.3 is 5.97 Å². The van der Waals surface area contributed by atoms with Crippen molar-refractivity contribution in [2.75, 3.05) is 13.7 Å². The highest BCUT2D eigenvalue weighted by Crippen LogP contribution is 2.13. The first kappa shape index (κ1) is 17.5. The van der Waals surface area contributed by atoms with Gasteiger partial charge in [0, 0.05) is 22.2 Å². The van der Waals surface area contributed by atoms with Crippen molar-refractivity contribution in [3.8, 4) is 0 Å². The molecule has 0 unspecified atom stereocenters. The SMILES string of the molecule is COC(=O)CCN(Cc1ccccc1)C(=O)c1ccc(I)cc1. The summed E-state index contributed by atoms with van der Waals surface area (Å²) in [5.74, 6) is -0.410. The monoisotopic (exact) mass is 423 g/mol. The molecular weight excluding hydrogens is 405 g/mol. The molecule has 0 fully saturated rings. The van der Waals surface area contributed by atoms with Crippen molar-refractivity contribution < 1.29 is 14.3 Å². The standard InChI is InChI=1S/C18H18INO3/c1-23-17(21)11-12-20(13-14-5-3-2-4-6-14)18(22)15-7-9-16(19)10-8-15/h2-10H,11-13H2,1H3. The minimum atomic E-state index is -0.321. The molecule has 0 N–H and O–H groups in total. The molecule has 0 aromatic heterocycles. The molecule has 4 nitrogen and oxygen atoms in total. The van der Waals surface area contributed by atoms with Crippen LogP contribution < -0.4 is 0 Å². The number of rotatable bonds is 6. The predicted molar refractivity (Wildman–Crippen MR) is 97.0 cm³/mol. The van der Waals surface area contributed by atoms with Crippen molar-refractivity contribution in [2.24, 2.45) is 0 Å². The molecule has 2 aromatic carbocycles. The van der Waals surface area contributed by atoms with Crippen LogP contribution in [0.1, 0.15) is 22.3 Å². The summed E-state index contributed by atoms with van der Waals surface area (Å²) < 4.78 is 5.75. The zero-order valence-electron chi connectivity index (χ0n) is 12.9. The molecule has 0 aliphatic rings. The van der Waals surface area contributed by atoms with E-state index in [-0.39, 0.29) is 18.3 Å². The van der Waals surface area contributed by atoms with Gasteiger partial charge in [0.15, 0.2) is 0 Å². The van der Waals surface area contributed by atoms with Gasteiger partial charge < -0.3 is 9.64 Å². The van der Waals surface area contributed by atoms with Crippen molar-refractivity contribution >= 4 is 34.5 Å². The van der Waals surface area contributed by atoms with E-state index in [1.165, 1.54) is 7.11 Å². The minimum absolute atomic E-state index is 0.0887. The first-order valence-corrected chi connectivity index (χ1v) is 8.33. The maximum atomic E-state index is 12.7. The molecular formula is C18H18INO3. The van der Waals surface area contributed by atoms with Crippen molar-refractivity contribution in [3.63, 3.8) is 0 Å². The molecule has 120 valence electrons. The molecule has 2 aromatic rings. The minimum Gasteiger partial charge on any atom is -0.469 e. The molecule has 0 radical (unpaired) electrons. The van der Waals surface area contributed by atoms with E-state index in [2.05, 4.69) is 27.3 Å². The second kappa shape index (κ2) is 8.67. The number of ether oxygens (including phenoxy) is 1. The van der Waals surface area contributed by atoms with Gasteiger partial charge in [0.2, 0.25) is 0 Å². The second-order valence-corrected chi connectivity index (χ2v) is 6.29. The van der Waals surface area contributed by atoms with E-state index in [4.69, 9.17) is 0 Å². The Balaban J connectivity index is 2.15. The van der Waals surface area contributed by atoms with E-state index in [9.17, 15) is 9.59 Å². The molecule has 5 heteroatoms. The molecule has 1 amide bonds. The summed E-state index contributed by atoms with van der Waals surface area (Å²) in [4.78, 5) is 25.8. The van der Waals surface area contributed by atoms with Gasteiger partial charge in [-0.15, -0.1) is 0 Å². The summed E-state index contributed by atoms with van der Waals surface area (Å²) >= 11 is 2.20. The summed E-state index contributed by atoms with van der Waals surface area (Å²) in [7, 11) is 1.35. The van der Waals surface area contributed by atoms with Crippen LogP contribution in [0.15, 0.2) is 54.6 Å². The van der Waals surface area contributed by atoms with Crippen molar-refractivity contribution in [3.05, 3.63) is 69.3 Å². The third kappa shape index (κ3) is 5.35. The fourth-order valence-corrected chi connectivity index (χ4v) is 2.52. The van der Waals surface area contributed by atoms with Gasteiger partial charge in [-0.2, -0.15) is 0 Å². The van der Waals surface area contributed by atoms with Crippen molar-refractivity contribution in [2.45, 2.75) is 13.0 Å². The summed E-state index contributed by atoms with van der Waals surface area (Å²) in [6.07, 6.45) is 0.180. The number of methoxy groups -OCH3 is 1. The highest BCUT2D eigenvalue weighted by Gasteiger charge is 2.17. The lowest BCUT2D eigenvalue weighted by Gasteiger charge is -2.22. The Hall–Kier alpha value is -1.89. The number of benzene rings is 2. The molecule has 2 rings (SSSR count). The molecule has 0 saturated heterocycles. The molecule has 0 aliphatic carbocycles. The summed E-state index contributed by atoms with van der Waals surface area (Å²) in [5, 5.41) is 0. The zero-order chi connectivity index (χ0) is 16.7. The van der Waals surface area contributed by atoms with Crippen LogP contribution in [-0.4, -0.2) is 30.4 Å². The Morgan fingerprint density at radius 2 is 1.70 bits per heavy atom. The number of hydrogen-bond donors (Lipinski definition) is 0. The second-order valence-electron chi connectivity index (χ2n) is 5.05. The molecule has 0 heterocycles. The highest BCUT2D eigenvalue weighted by atomic mass is 127. The van der Waals surface area contributed by atoms with Crippen LogP contribution in [0, 0.1) is 3.57 Å². The number of hydrogen-bond acceptors (Lipinski definition) is 3. The van der Waals surface area contributed by atoms with Gasteiger partial charge in [-0.1, -0.05) is 30.3 Å². The Morgan fingerprint density at radius 1 is 1.04 bits per heavy atom. The number of esters is 1. The quantitative estimate of drug-likeness (QED) is 0.528. The third-order valence-electron chi connectivity index (χ3n) is 3.41. The summed E-state index contributed by atoms with van der Waals surface area (Å²) in [6, 6.07) is 17.1. The van der Waals surface area contributed by atoms with Crippen LogP contribution >= 0.6 is 22.6 Å². The fourth-order valence-electron chi connectivity index (χ4n) is 2.16. The zero-order valence-corrected chi connectivity index (χ0v) is 15.0. The van der Waals surface area contributed by atoms with Gasteiger partial charge in [-0.25, -0.2) is 0 Å². The van der Waals surface area contributed by atoms with E-state index in [0.29, 0.717) is 18.7 Å². The van der Waals surface area contributed by atoms with Gasteiger partial charge in [-0.3, -0.25) is 9.59 Å². The Kier molecular flexibility index (Phi) is 6.58. The first-order valence-electron chi connectivity index (χ1n) is 7.25. The van der Waals surface area contributed by atoms with Gasteiger partial charge in [0.1, 0.15) is 0 Å². The van der Waals surface area contributed by atoms with Crippen LogP contribution in [0.2, 0.25) is 0 Å². The number of carbonyl (C=O) groups excluding carboxylic acids is 2. The first-order chi connectivity index (χ1) is 11.1. The van der Waals surface area contributed by atoms with Crippen LogP contribution in [-0.2, 0) is 16.1 Å². The number of halogens is 1. The Bertz CT molecular complexity index is 656. The van der Waals surface area contributed by atoms with Gasteiger partial charge in [0.25, 0.3) is 5.91 Å². The lowest BCUT2D eigenvalue weighted by Crippen LogP contribution is -2.32. The Morgan fingerprint density at radius 3 is 2.30 bits per heavy atom. The summed E-state index contributed by atoms with van der Waals surface area (Å²) in [5.41, 5.74) is 1.64. The van der Waals surface area contributed by atoms with E-state index < -0.39 is 0 Å². The van der Waals surface area contributed by atoms with Crippen LogP contribution in [0.25, 0.3) is 0 Å². The lowest BCUT2D eigenvalue weighted by molar-refractivity contribution is -0.140. The van der Waals surface area contributed by atoms with Gasteiger partial charge in [0.05, 0.1) is 13.5 Å². The molecule has 0 aliphatic heterocycles. The number of amides is 1. The van der Waals surface area contributed by atoms with Gasteiger partial charge in [-0.05, 0) is 52.4 Å². The summed E-state index contributed by atoms with van der Waals surface area (Å²) in [6.45, 7) is 0.787. The van der Waals surface area contributed by atoms with E-state index in [0.717, 1.165) is 9.13 Å². The van der Waals surface area contributed by atoms with E-state index in [1.54, 1.807) is 17.0 Å². The molecule has 0 atom stereocenters. The van der Waals surface area contributed by atoms with Crippen LogP contribution in [0.4, 0.5) is 0 Å². The lowest BCUT2D eigenvalue weighted by atomic mass is 10.1. The largest absolute Gasteiger partial charge is 0.469 e. The van der Waals surface area contributed by atoms with E-state index >= 15 is 0 Å². The average Bonchev–Trinajstić information content (AvgIpc) is 2.59. The molecule has 0 spiro atoms. The van der Waals surface area contributed by atoms with Crippen molar-refractivity contribution in [1.29, 1.82) is 0 Å². The predicted octanol–water partition coefficient (Wildman–Crippen LogP) is 3.50. The Labute approximate surface area is 149 Å². The number of nitrogens with zero attached hydrogens (tertiary/aromatic N) is 1. The highest BCUT2D eigenvalue weighted by molar-refractivity contribution is 14.1. The van der Waals surface area contributed by atoms with Crippen LogP contribution in [0.3, 0.4) is 0 Å².